The molecule has 14 heavy (non-hydrogen) atoms. The number of hydrogen-bond donors (Lipinski definition) is 2. The highest BCUT2D eigenvalue weighted by molar-refractivity contribution is 5.85. The van der Waals surface area contributed by atoms with Gasteiger partial charge in [-0.15, -0.1) is 0 Å². The van der Waals surface area contributed by atoms with E-state index in [0.717, 1.165) is 11.6 Å². The van der Waals surface area contributed by atoms with Crippen molar-refractivity contribution in [2.24, 2.45) is 0 Å². The molecule has 0 amide bonds. The SMILES string of the molecule is Cc1c[nH]n2c(=O)cc(C(=O)O)nc12. The zero-order valence-corrected chi connectivity index (χ0v) is 7.31. The van der Waals surface area contributed by atoms with Crippen LogP contribution in [-0.2, 0) is 0 Å². The number of hydrogen-bond acceptors (Lipinski definition) is 3. The van der Waals surface area contributed by atoms with Gasteiger partial charge in [0.1, 0.15) is 0 Å². The first-order chi connectivity index (χ1) is 6.59. The van der Waals surface area contributed by atoms with E-state index in [4.69, 9.17) is 5.11 Å². The van der Waals surface area contributed by atoms with Crippen LogP contribution in [0.25, 0.3) is 5.65 Å². The minimum absolute atomic E-state index is 0.238. The Morgan fingerprint density at radius 2 is 2.36 bits per heavy atom. The fraction of sp³-hybridized carbons (Fsp3) is 0.125. The normalized spacial score (nSPS) is 10.6. The number of aromatic nitrogens is 3. The third kappa shape index (κ3) is 1.08. The Morgan fingerprint density at radius 3 is 3.00 bits per heavy atom. The molecule has 0 saturated carbocycles. The van der Waals surface area contributed by atoms with Crippen LogP contribution in [0, 0.1) is 6.92 Å². The van der Waals surface area contributed by atoms with Gasteiger partial charge >= 0.3 is 5.97 Å². The number of carboxylic acid groups (broad SMARTS) is 1. The lowest BCUT2D eigenvalue weighted by molar-refractivity contribution is 0.0690. The molecular weight excluding hydrogens is 186 g/mol. The van der Waals surface area contributed by atoms with Crippen molar-refractivity contribution in [2.45, 2.75) is 6.92 Å². The lowest BCUT2D eigenvalue weighted by Gasteiger charge is -1.95. The van der Waals surface area contributed by atoms with Gasteiger partial charge in [-0.3, -0.25) is 9.89 Å². The van der Waals surface area contributed by atoms with Crippen LogP contribution in [0.1, 0.15) is 16.1 Å². The molecule has 0 bridgehead atoms. The Hall–Kier alpha value is -2.11. The third-order valence-corrected chi connectivity index (χ3v) is 1.90. The van der Waals surface area contributed by atoms with Gasteiger partial charge in [0.2, 0.25) is 0 Å². The predicted molar refractivity (Wildman–Crippen MR) is 47.5 cm³/mol. The monoisotopic (exact) mass is 193 g/mol. The van der Waals surface area contributed by atoms with E-state index in [0.29, 0.717) is 5.65 Å². The van der Waals surface area contributed by atoms with E-state index in [2.05, 4.69) is 10.1 Å². The van der Waals surface area contributed by atoms with Crippen LogP contribution in [0.2, 0.25) is 0 Å². The van der Waals surface area contributed by atoms with E-state index in [-0.39, 0.29) is 5.69 Å². The molecule has 0 unspecified atom stereocenters. The molecule has 0 saturated heterocycles. The first-order valence-electron chi connectivity index (χ1n) is 3.90. The zero-order valence-electron chi connectivity index (χ0n) is 7.31. The minimum Gasteiger partial charge on any atom is -0.477 e. The number of fused-ring (bicyclic) bond motifs is 1. The lowest BCUT2D eigenvalue weighted by Crippen LogP contribution is -2.17. The maximum absolute atomic E-state index is 11.3. The highest BCUT2D eigenvalue weighted by atomic mass is 16.4. The van der Waals surface area contributed by atoms with Gasteiger partial charge in [0.05, 0.1) is 0 Å². The summed E-state index contributed by atoms with van der Waals surface area (Å²) in [7, 11) is 0. The van der Waals surface area contributed by atoms with E-state index < -0.39 is 11.5 Å². The standard InChI is InChI=1S/C8H7N3O3/c1-4-3-9-11-6(12)2-5(8(13)14)10-7(4)11/h2-3,9H,1H3,(H,13,14). The molecule has 2 N–H and O–H groups in total. The van der Waals surface area contributed by atoms with E-state index in [1.54, 1.807) is 13.1 Å². The summed E-state index contributed by atoms with van der Waals surface area (Å²) in [5.41, 5.74) is 0.401. The molecule has 2 aromatic heterocycles. The van der Waals surface area contributed by atoms with Crippen molar-refractivity contribution in [3.63, 3.8) is 0 Å². The van der Waals surface area contributed by atoms with Gasteiger partial charge in [0.25, 0.3) is 5.56 Å². The molecule has 0 aromatic carbocycles. The molecule has 2 heterocycles. The summed E-state index contributed by atoms with van der Waals surface area (Å²) in [6.07, 6.45) is 1.59. The van der Waals surface area contributed by atoms with Crippen molar-refractivity contribution in [3.05, 3.63) is 33.9 Å². The number of aromatic amines is 1. The molecule has 72 valence electrons. The van der Waals surface area contributed by atoms with Crippen molar-refractivity contribution in [1.82, 2.24) is 14.6 Å². The fourth-order valence-corrected chi connectivity index (χ4v) is 1.21. The second-order valence-corrected chi connectivity index (χ2v) is 2.90. The fourth-order valence-electron chi connectivity index (χ4n) is 1.21. The number of aryl methyl sites for hydroxylation is 1. The molecule has 0 fully saturated rings. The first kappa shape index (κ1) is 8.49. The topological polar surface area (TPSA) is 87.5 Å². The molecular formula is C8H7N3O3. The Labute approximate surface area is 77.8 Å². The average Bonchev–Trinajstić information content (AvgIpc) is 2.48. The maximum atomic E-state index is 11.3. The second kappa shape index (κ2) is 2.69. The second-order valence-electron chi connectivity index (χ2n) is 2.90. The van der Waals surface area contributed by atoms with E-state index in [1.165, 1.54) is 4.52 Å². The van der Waals surface area contributed by atoms with E-state index in [1.807, 2.05) is 0 Å². The largest absolute Gasteiger partial charge is 0.477 e. The van der Waals surface area contributed by atoms with Crippen LogP contribution in [0.4, 0.5) is 0 Å². The van der Waals surface area contributed by atoms with Gasteiger partial charge in [-0.05, 0) is 6.92 Å². The molecule has 0 aliphatic heterocycles. The van der Waals surface area contributed by atoms with Gasteiger partial charge in [0.15, 0.2) is 11.3 Å². The van der Waals surface area contributed by atoms with Crippen LogP contribution >= 0.6 is 0 Å². The lowest BCUT2D eigenvalue weighted by atomic mass is 10.3. The van der Waals surface area contributed by atoms with Crippen LogP contribution in [-0.4, -0.2) is 25.7 Å². The summed E-state index contributed by atoms with van der Waals surface area (Å²) in [6.45, 7) is 1.74. The number of carboxylic acids is 1. The molecule has 0 aliphatic rings. The molecule has 2 aromatic rings. The highest BCUT2D eigenvalue weighted by Gasteiger charge is 2.10. The molecule has 6 nitrogen and oxygen atoms in total. The molecule has 6 heteroatoms. The average molecular weight is 193 g/mol. The maximum Gasteiger partial charge on any atom is 0.354 e. The third-order valence-electron chi connectivity index (χ3n) is 1.90. The van der Waals surface area contributed by atoms with Gasteiger partial charge < -0.3 is 5.11 Å². The quantitative estimate of drug-likeness (QED) is 0.668. The summed E-state index contributed by atoms with van der Waals surface area (Å²) in [5.74, 6) is -1.20. The summed E-state index contributed by atoms with van der Waals surface area (Å²) >= 11 is 0. The van der Waals surface area contributed by atoms with Gasteiger partial charge in [-0.25, -0.2) is 14.3 Å². The molecule has 0 aliphatic carbocycles. The number of H-pyrrole nitrogens is 1. The Bertz CT molecular complexity index is 567. The van der Waals surface area contributed by atoms with Gasteiger partial charge in [-0.2, -0.15) is 0 Å². The molecule has 0 spiro atoms. The van der Waals surface area contributed by atoms with Crippen molar-refractivity contribution < 1.29 is 9.90 Å². The summed E-state index contributed by atoms with van der Waals surface area (Å²) in [6, 6.07) is 0.977. The van der Waals surface area contributed by atoms with Crippen LogP contribution in [0.3, 0.4) is 0 Å². The van der Waals surface area contributed by atoms with Crippen LogP contribution in [0.15, 0.2) is 17.1 Å². The number of nitrogens with zero attached hydrogens (tertiary/aromatic N) is 2. The number of nitrogens with one attached hydrogen (secondary N) is 1. The van der Waals surface area contributed by atoms with Gasteiger partial charge in [-0.1, -0.05) is 0 Å². The Kier molecular flexibility index (Phi) is 1.63. The van der Waals surface area contributed by atoms with Crippen molar-refractivity contribution in [3.8, 4) is 0 Å². The Morgan fingerprint density at radius 1 is 1.64 bits per heavy atom. The van der Waals surface area contributed by atoms with Crippen molar-refractivity contribution in [2.75, 3.05) is 0 Å². The Balaban J connectivity index is 2.89. The smallest absolute Gasteiger partial charge is 0.354 e. The summed E-state index contributed by atoms with van der Waals surface area (Å²) in [4.78, 5) is 25.8. The minimum atomic E-state index is -1.20. The van der Waals surface area contributed by atoms with Crippen LogP contribution < -0.4 is 5.56 Å². The zero-order chi connectivity index (χ0) is 10.3. The van der Waals surface area contributed by atoms with E-state index >= 15 is 0 Å². The van der Waals surface area contributed by atoms with E-state index in [9.17, 15) is 9.59 Å². The number of rotatable bonds is 1. The molecule has 0 atom stereocenters. The first-order valence-corrected chi connectivity index (χ1v) is 3.90. The highest BCUT2D eigenvalue weighted by Crippen LogP contribution is 2.03. The van der Waals surface area contributed by atoms with Crippen molar-refractivity contribution >= 4 is 11.6 Å². The summed E-state index contributed by atoms with van der Waals surface area (Å²) in [5, 5.41) is 11.3. The predicted octanol–water partition coefficient (Wildman–Crippen LogP) is 0.0292. The number of aromatic carboxylic acids is 1. The molecule has 0 radical (unpaired) electrons. The van der Waals surface area contributed by atoms with Gasteiger partial charge in [0, 0.05) is 17.8 Å². The summed E-state index contributed by atoms with van der Waals surface area (Å²) < 4.78 is 1.20. The van der Waals surface area contributed by atoms with Crippen LogP contribution in [0.5, 0.6) is 0 Å². The number of carbonyl (C=O) groups is 1. The molecule has 2 rings (SSSR count). The van der Waals surface area contributed by atoms with Crippen molar-refractivity contribution in [1.29, 1.82) is 0 Å².